The summed E-state index contributed by atoms with van der Waals surface area (Å²) in [5.74, 6) is 0.831. The molecule has 0 amide bonds. The van der Waals surface area contributed by atoms with Crippen molar-refractivity contribution in [3.8, 4) is 17.6 Å². The molecule has 128 valence electrons. The Labute approximate surface area is 147 Å². The quantitative estimate of drug-likeness (QED) is 0.524. The molecule has 0 N–H and O–H groups in total. The molecule has 1 aliphatic rings. The summed E-state index contributed by atoms with van der Waals surface area (Å²) in [5.41, 5.74) is 0.489. The van der Waals surface area contributed by atoms with Crippen molar-refractivity contribution in [2.45, 2.75) is 19.8 Å². The van der Waals surface area contributed by atoms with Crippen LogP contribution in [0.3, 0.4) is 0 Å². The van der Waals surface area contributed by atoms with Crippen LogP contribution in [0.1, 0.15) is 39.7 Å². The van der Waals surface area contributed by atoms with E-state index in [2.05, 4.69) is 0 Å². The molecule has 1 aromatic carbocycles. The van der Waals surface area contributed by atoms with Gasteiger partial charge in [-0.15, -0.1) is 0 Å². The molecule has 3 heterocycles. The van der Waals surface area contributed by atoms with E-state index in [0.29, 0.717) is 34.1 Å². The Balaban J connectivity index is 2.05. The van der Waals surface area contributed by atoms with Gasteiger partial charge < -0.3 is 13.6 Å². The second-order valence-corrected chi connectivity index (χ2v) is 6.11. The Kier molecular flexibility index (Phi) is 3.51. The number of hydrogen-bond donors (Lipinski definition) is 0. The summed E-state index contributed by atoms with van der Waals surface area (Å²) in [4.78, 5) is 25.1. The van der Waals surface area contributed by atoms with Crippen LogP contribution in [0.4, 0.5) is 0 Å². The average Bonchev–Trinajstić information content (AvgIpc) is 2.59. The average molecular weight is 347 g/mol. The lowest BCUT2D eigenvalue weighted by atomic mass is 9.84. The number of rotatable bonds is 1. The zero-order valence-electron chi connectivity index (χ0n) is 14.0. The molecule has 6 heteroatoms. The molecule has 0 atom stereocenters. The molecule has 2 aromatic heterocycles. The van der Waals surface area contributed by atoms with E-state index in [0.717, 1.165) is 0 Å². The first-order valence-electron chi connectivity index (χ1n) is 7.95. The minimum Gasteiger partial charge on any atom is -0.456 e. The van der Waals surface area contributed by atoms with Gasteiger partial charge in [-0.05, 0) is 31.5 Å². The van der Waals surface area contributed by atoms with Gasteiger partial charge in [-0.25, -0.2) is 9.59 Å². The number of ether oxygens (including phenoxy) is 1. The highest BCUT2D eigenvalue weighted by Gasteiger charge is 2.35. The van der Waals surface area contributed by atoms with Crippen LogP contribution in [0.15, 0.2) is 54.8 Å². The van der Waals surface area contributed by atoms with Gasteiger partial charge >= 0.3 is 11.3 Å². The van der Waals surface area contributed by atoms with Crippen LogP contribution >= 0.6 is 0 Å². The van der Waals surface area contributed by atoms with Crippen LogP contribution in [0.25, 0.3) is 0 Å². The van der Waals surface area contributed by atoms with Crippen molar-refractivity contribution >= 4 is 0 Å². The molecule has 0 spiro atoms. The van der Waals surface area contributed by atoms with Gasteiger partial charge in [0.15, 0.2) is 0 Å². The Hall–Kier alpha value is -3.59. The maximum Gasteiger partial charge on any atom is 0.343 e. The lowest BCUT2D eigenvalue weighted by molar-refractivity contribution is 0.389. The smallest absolute Gasteiger partial charge is 0.343 e. The molecule has 0 saturated heterocycles. The normalized spacial score (nSPS) is 12.7. The van der Waals surface area contributed by atoms with Crippen molar-refractivity contribution in [3.63, 3.8) is 0 Å². The molecular weight excluding hydrogens is 334 g/mol. The standard InChI is InChI=1S/C20H13NO5/c1-10-7-14-17(19(22)24-10)16(13-5-3-12(9-21)4-6-13)18-15(26-14)8-11(2)25-20(18)23/h3-8,16H,1-2H3. The first-order chi connectivity index (χ1) is 12.5. The summed E-state index contributed by atoms with van der Waals surface area (Å²) < 4.78 is 16.3. The maximum atomic E-state index is 12.5. The van der Waals surface area contributed by atoms with Crippen LogP contribution in [0.5, 0.6) is 11.5 Å². The summed E-state index contributed by atoms with van der Waals surface area (Å²) in [6, 6.07) is 12.0. The van der Waals surface area contributed by atoms with E-state index in [1.165, 1.54) is 0 Å². The zero-order valence-corrected chi connectivity index (χ0v) is 14.0. The van der Waals surface area contributed by atoms with Gasteiger partial charge in [0, 0.05) is 12.1 Å². The summed E-state index contributed by atoms with van der Waals surface area (Å²) in [7, 11) is 0. The number of benzene rings is 1. The van der Waals surface area contributed by atoms with Gasteiger partial charge in [0.25, 0.3) is 0 Å². The Morgan fingerprint density at radius 3 is 1.85 bits per heavy atom. The highest BCUT2D eigenvalue weighted by Crippen LogP contribution is 2.44. The molecule has 0 aliphatic carbocycles. The van der Waals surface area contributed by atoms with Crippen molar-refractivity contribution in [1.29, 1.82) is 5.26 Å². The molecule has 1 aliphatic heterocycles. The van der Waals surface area contributed by atoms with Gasteiger partial charge in [-0.2, -0.15) is 5.26 Å². The van der Waals surface area contributed by atoms with Gasteiger partial charge in [0.05, 0.1) is 28.7 Å². The molecule has 26 heavy (non-hydrogen) atoms. The molecule has 4 rings (SSSR count). The molecular formula is C20H13NO5. The number of hydrogen-bond acceptors (Lipinski definition) is 6. The van der Waals surface area contributed by atoms with Crippen LogP contribution in [-0.2, 0) is 0 Å². The predicted octanol–water partition coefficient (Wildman–Crippen LogP) is 3.37. The zero-order chi connectivity index (χ0) is 18.4. The monoisotopic (exact) mass is 347 g/mol. The summed E-state index contributed by atoms with van der Waals surface area (Å²) >= 11 is 0. The highest BCUT2D eigenvalue weighted by molar-refractivity contribution is 5.57. The summed E-state index contributed by atoms with van der Waals surface area (Å²) in [6.07, 6.45) is 0. The molecule has 6 nitrogen and oxygen atoms in total. The first kappa shape index (κ1) is 15.9. The molecule has 0 fully saturated rings. The van der Waals surface area contributed by atoms with Crippen molar-refractivity contribution in [1.82, 2.24) is 0 Å². The minimum atomic E-state index is -0.699. The first-order valence-corrected chi connectivity index (χ1v) is 7.95. The van der Waals surface area contributed by atoms with E-state index >= 15 is 0 Å². The highest BCUT2D eigenvalue weighted by atomic mass is 16.5. The van der Waals surface area contributed by atoms with E-state index in [1.54, 1.807) is 50.2 Å². The van der Waals surface area contributed by atoms with Gasteiger partial charge in [0.2, 0.25) is 0 Å². The van der Waals surface area contributed by atoms with Crippen molar-refractivity contribution in [2.24, 2.45) is 0 Å². The number of aryl methyl sites for hydroxylation is 2. The molecule has 0 bridgehead atoms. The molecule has 0 radical (unpaired) electrons. The van der Waals surface area contributed by atoms with Crippen molar-refractivity contribution < 1.29 is 13.6 Å². The fourth-order valence-corrected chi connectivity index (χ4v) is 3.22. The Morgan fingerprint density at radius 2 is 1.38 bits per heavy atom. The van der Waals surface area contributed by atoms with Gasteiger partial charge in [0.1, 0.15) is 23.0 Å². The van der Waals surface area contributed by atoms with Crippen LogP contribution in [-0.4, -0.2) is 0 Å². The van der Waals surface area contributed by atoms with Gasteiger partial charge in [-0.3, -0.25) is 0 Å². The second-order valence-electron chi connectivity index (χ2n) is 6.11. The van der Waals surface area contributed by atoms with E-state index in [1.807, 2.05) is 6.07 Å². The van der Waals surface area contributed by atoms with E-state index < -0.39 is 17.2 Å². The molecule has 0 saturated carbocycles. The van der Waals surface area contributed by atoms with E-state index in [4.69, 9.17) is 18.8 Å². The SMILES string of the molecule is Cc1cc2c(c(=O)o1)C(c1ccc(C#N)cc1)c1c(cc(C)oc1=O)O2. The minimum absolute atomic E-state index is 0.240. The lowest BCUT2D eigenvalue weighted by Gasteiger charge is -2.26. The van der Waals surface area contributed by atoms with Crippen molar-refractivity contribution in [2.75, 3.05) is 0 Å². The number of fused-ring (bicyclic) bond motifs is 2. The second kappa shape index (κ2) is 5.74. The van der Waals surface area contributed by atoms with Gasteiger partial charge in [-0.1, -0.05) is 12.1 Å². The predicted molar refractivity (Wildman–Crippen MR) is 91.6 cm³/mol. The fourth-order valence-electron chi connectivity index (χ4n) is 3.22. The van der Waals surface area contributed by atoms with Crippen LogP contribution in [0, 0.1) is 25.2 Å². The van der Waals surface area contributed by atoms with Crippen LogP contribution in [0.2, 0.25) is 0 Å². The fraction of sp³-hybridized carbons (Fsp3) is 0.150. The number of nitrogens with zero attached hydrogens (tertiary/aromatic N) is 1. The third-order valence-electron chi connectivity index (χ3n) is 4.32. The summed E-state index contributed by atoms with van der Waals surface area (Å²) in [6.45, 7) is 3.31. The van der Waals surface area contributed by atoms with Crippen molar-refractivity contribution in [3.05, 3.63) is 91.0 Å². The third kappa shape index (κ3) is 2.42. The maximum absolute atomic E-state index is 12.5. The number of nitriles is 1. The topological polar surface area (TPSA) is 93.4 Å². The lowest BCUT2D eigenvalue weighted by Crippen LogP contribution is -2.26. The largest absolute Gasteiger partial charge is 0.456 e. The third-order valence-corrected chi connectivity index (χ3v) is 4.32. The van der Waals surface area contributed by atoms with E-state index in [9.17, 15) is 9.59 Å². The Morgan fingerprint density at radius 1 is 0.885 bits per heavy atom. The summed E-state index contributed by atoms with van der Waals surface area (Å²) in [5, 5.41) is 9.00. The Bertz CT molecular complexity index is 1110. The van der Waals surface area contributed by atoms with Crippen LogP contribution < -0.4 is 16.0 Å². The molecule has 3 aromatic rings. The van der Waals surface area contributed by atoms with E-state index in [-0.39, 0.29) is 11.1 Å². The molecule has 0 unspecified atom stereocenters.